The van der Waals surface area contributed by atoms with Gasteiger partial charge in [-0.2, -0.15) is 0 Å². The molecule has 0 aromatic heterocycles. The van der Waals surface area contributed by atoms with Crippen molar-refractivity contribution < 1.29 is 0 Å². The smallest absolute Gasteiger partial charge is 0.0235 e. The minimum absolute atomic E-state index is 0.604. The van der Waals surface area contributed by atoms with Gasteiger partial charge in [0.05, 0.1) is 0 Å². The van der Waals surface area contributed by atoms with Gasteiger partial charge < -0.3 is 5.73 Å². The molecule has 0 saturated carbocycles. The van der Waals surface area contributed by atoms with Gasteiger partial charge in [0, 0.05) is 31.7 Å². The third-order valence-corrected chi connectivity index (χ3v) is 3.49. The highest BCUT2D eigenvalue weighted by Crippen LogP contribution is 2.15. The molecule has 3 heteroatoms. The lowest BCUT2D eigenvalue weighted by Gasteiger charge is -2.31. The molecule has 0 spiro atoms. The molecule has 0 radical (unpaired) electrons. The van der Waals surface area contributed by atoms with Crippen molar-refractivity contribution in [3.8, 4) is 0 Å². The molecule has 1 aliphatic heterocycles. The van der Waals surface area contributed by atoms with E-state index >= 15 is 0 Å². The van der Waals surface area contributed by atoms with Crippen molar-refractivity contribution in [2.45, 2.75) is 31.8 Å². The number of nitrogens with two attached hydrogens (primary N) is 1. The molecule has 0 bridgehead atoms. The first-order valence-corrected chi connectivity index (χ1v) is 5.94. The number of nitrogens with zero attached hydrogens (tertiary/aromatic N) is 2. The zero-order valence-corrected chi connectivity index (χ0v) is 10.2. The summed E-state index contributed by atoms with van der Waals surface area (Å²) in [5, 5.41) is 0. The Kier molecular flexibility index (Phi) is 5.29. The van der Waals surface area contributed by atoms with Crippen LogP contribution in [0.5, 0.6) is 0 Å². The van der Waals surface area contributed by atoms with E-state index in [9.17, 15) is 0 Å². The van der Waals surface area contributed by atoms with Crippen molar-refractivity contribution in [1.29, 1.82) is 0 Å². The highest BCUT2D eigenvalue weighted by molar-refractivity contribution is 4.85. The summed E-state index contributed by atoms with van der Waals surface area (Å²) in [6.07, 6.45) is 4.33. The molecule has 1 fully saturated rings. The fraction of sp³-hybridized carbons (Fsp3) is 0.833. The quantitative estimate of drug-likeness (QED) is 0.702. The summed E-state index contributed by atoms with van der Waals surface area (Å²) < 4.78 is 0. The van der Waals surface area contributed by atoms with Gasteiger partial charge in [0.25, 0.3) is 0 Å². The third-order valence-electron chi connectivity index (χ3n) is 3.49. The molecule has 0 aromatic rings. The number of hydrogen-bond donors (Lipinski definition) is 1. The predicted octanol–water partition coefficient (Wildman–Crippen LogP) is 0.916. The predicted molar refractivity (Wildman–Crippen MR) is 65.9 cm³/mol. The Balaban J connectivity index is 2.59. The zero-order valence-electron chi connectivity index (χ0n) is 10.2. The second kappa shape index (κ2) is 6.26. The molecule has 2 atom stereocenters. The van der Waals surface area contributed by atoms with Crippen LogP contribution in [0.25, 0.3) is 0 Å². The fourth-order valence-electron chi connectivity index (χ4n) is 2.29. The topological polar surface area (TPSA) is 32.5 Å². The SMILES string of the molecule is C=CCN1CCC(C)N(C)C(CCN)C1. The summed E-state index contributed by atoms with van der Waals surface area (Å²) in [4.78, 5) is 4.96. The molecule has 88 valence electrons. The molecule has 0 aliphatic carbocycles. The van der Waals surface area contributed by atoms with Crippen LogP contribution in [0.3, 0.4) is 0 Å². The van der Waals surface area contributed by atoms with Crippen LogP contribution in [0.4, 0.5) is 0 Å². The highest BCUT2D eigenvalue weighted by atomic mass is 15.2. The second-order valence-electron chi connectivity index (χ2n) is 4.58. The lowest BCUT2D eigenvalue weighted by Crippen LogP contribution is -2.42. The van der Waals surface area contributed by atoms with Crippen molar-refractivity contribution in [2.75, 3.05) is 33.2 Å². The summed E-state index contributed by atoms with van der Waals surface area (Å²) in [5.74, 6) is 0. The molecule has 1 saturated heterocycles. The van der Waals surface area contributed by atoms with Crippen molar-refractivity contribution in [3.63, 3.8) is 0 Å². The number of likely N-dealkylation sites (N-methyl/N-ethyl adjacent to an activating group) is 1. The van der Waals surface area contributed by atoms with Crippen LogP contribution in [0.15, 0.2) is 12.7 Å². The lowest BCUT2D eigenvalue weighted by molar-refractivity contribution is 0.172. The van der Waals surface area contributed by atoms with E-state index in [1.165, 1.54) is 13.0 Å². The normalized spacial score (nSPS) is 30.1. The van der Waals surface area contributed by atoms with E-state index in [0.717, 1.165) is 26.1 Å². The van der Waals surface area contributed by atoms with E-state index in [4.69, 9.17) is 5.73 Å². The first-order chi connectivity index (χ1) is 7.19. The average molecular weight is 211 g/mol. The minimum atomic E-state index is 0.604. The van der Waals surface area contributed by atoms with E-state index < -0.39 is 0 Å². The van der Waals surface area contributed by atoms with Gasteiger partial charge in [0.15, 0.2) is 0 Å². The van der Waals surface area contributed by atoms with Gasteiger partial charge in [0.1, 0.15) is 0 Å². The molecule has 0 aromatic carbocycles. The maximum absolute atomic E-state index is 5.67. The molecule has 2 unspecified atom stereocenters. The van der Waals surface area contributed by atoms with Gasteiger partial charge in [-0.1, -0.05) is 6.08 Å². The molecule has 1 heterocycles. The van der Waals surface area contributed by atoms with E-state index in [1.54, 1.807) is 0 Å². The summed E-state index contributed by atoms with van der Waals surface area (Å²) >= 11 is 0. The molecule has 3 nitrogen and oxygen atoms in total. The Morgan fingerprint density at radius 3 is 2.87 bits per heavy atom. The molecule has 15 heavy (non-hydrogen) atoms. The van der Waals surface area contributed by atoms with E-state index in [0.29, 0.717) is 12.1 Å². The van der Waals surface area contributed by atoms with Gasteiger partial charge in [-0.15, -0.1) is 6.58 Å². The van der Waals surface area contributed by atoms with Crippen molar-refractivity contribution in [1.82, 2.24) is 9.80 Å². The third kappa shape index (κ3) is 3.59. The van der Waals surface area contributed by atoms with E-state index in [-0.39, 0.29) is 0 Å². The largest absolute Gasteiger partial charge is 0.330 e. The zero-order chi connectivity index (χ0) is 11.3. The van der Waals surface area contributed by atoms with E-state index in [1.807, 2.05) is 6.08 Å². The summed E-state index contributed by atoms with van der Waals surface area (Å²) in [7, 11) is 2.22. The Morgan fingerprint density at radius 2 is 2.27 bits per heavy atom. The standard InChI is InChI=1S/C12H25N3/c1-4-8-15-9-6-11(2)14(3)12(10-15)5-7-13/h4,11-12H,1,5-10,13H2,2-3H3. The van der Waals surface area contributed by atoms with Gasteiger partial charge in [-0.25, -0.2) is 0 Å². The van der Waals surface area contributed by atoms with Crippen LogP contribution >= 0.6 is 0 Å². The summed E-state index contributed by atoms with van der Waals surface area (Å²) in [6, 6.07) is 1.27. The van der Waals surface area contributed by atoms with Crippen LogP contribution in [0.1, 0.15) is 19.8 Å². The van der Waals surface area contributed by atoms with Gasteiger partial charge in [-0.3, -0.25) is 9.80 Å². The Morgan fingerprint density at radius 1 is 1.53 bits per heavy atom. The van der Waals surface area contributed by atoms with Gasteiger partial charge in [0.2, 0.25) is 0 Å². The van der Waals surface area contributed by atoms with Crippen LogP contribution in [-0.4, -0.2) is 55.1 Å². The van der Waals surface area contributed by atoms with Crippen molar-refractivity contribution >= 4 is 0 Å². The first kappa shape index (κ1) is 12.7. The number of hydrogen-bond acceptors (Lipinski definition) is 3. The van der Waals surface area contributed by atoms with Gasteiger partial charge in [-0.05, 0) is 33.4 Å². The monoisotopic (exact) mass is 211 g/mol. The maximum Gasteiger partial charge on any atom is 0.0235 e. The van der Waals surface area contributed by atoms with Crippen LogP contribution in [-0.2, 0) is 0 Å². The molecular formula is C12H25N3. The molecule has 2 N–H and O–H groups in total. The van der Waals surface area contributed by atoms with Crippen molar-refractivity contribution in [2.24, 2.45) is 5.73 Å². The molecule has 1 aliphatic rings. The Labute approximate surface area is 93.9 Å². The molecular weight excluding hydrogens is 186 g/mol. The molecule has 0 amide bonds. The minimum Gasteiger partial charge on any atom is -0.330 e. The maximum atomic E-state index is 5.67. The molecule has 1 rings (SSSR count). The fourth-order valence-corrected chi connectivity index (χ4v) is 2.29. The lowest BCUT2D eigenvalue weighted by atomic mass is 10.1. The Hall–Kier alpha value is -0.380. The highest BCUT2D eigenvalue weighted by Gasteiger charge is 2.25. The summed E-state index contributed by atoms with van der Waals surface area (Å²) in [5.41, 5.74) is 5.67. The second-order valence-corrected chi connectivity index (χ2v) is 4.58. The van der Waals surface area contributed by atoms with Crippen LogP contribution < -0.4 is 5.73 Å². The van der Waals surface area contributed by atoms with Crippen LogP contribution in [0.2, 0.25) is 0 Å². The first-order valence-electron chi connectivity index (χ1n) is 5.94. The van der Waals surface area contributed by atoms with E-state index in [2.05, 4.69) is 30.4 Å². The van der Waals surface area contributed by atoms with Gasteiger partial charge >= 0.3 is 0 Å². The number of rotatable bonds is 4. The van der Waals surface area contributed by atoms with Crippen molar-refractivity contribution in [3.05, 3.63) is 12.7 Å². The van der Waals surface area contributed by atoms with Crippen LogP contribution in [0, 0.1) is 0 Å². The Bertz CT molecular complexity index is 193. The average Bonchev–Trinajstić information content (AvgIpc) is 2.34. The summed E-state index contributed by atoms with van der Waals surface area (Å²) in [6.45, 7) is 10.2.